The van der Waals surface area contributed by atoms with Crippen molar-refractivity contribution in [1.82, 2.24) is 0 Å². The van der Waals surface area contributed by atoms with Gasteiger partial charge < -0.3 is 19.4 Å². The Morgan fingerprint density at radius 1 is 1.10 bits per heavy atom. The van der Waals surface area contributed by atoms with Crippen LogP contribution in [0.3, 0.4) is 0 Å². The molecule has 0 unspecified atom stereocenters. The lowest BCUT2D eigenvalue weighted by atomic mass is 9.93. The van der Waals surface area contributed by atoms with Gasteiger partial charge >= 0.3 is 5.63 Å². The lowest BCUT2D eigenvalue weighted by molar-refractivity contribution is -0.127. The highest BCUT2D eigenvalue weighted by Gasteiger charge is 2.36. The van der Waals surface area contributed by atoms with Crippen LogP contribution < -0.4 is 20.6 Å². The van der Waals surface area contributed by atoms with Crippen LogP contribution in [0.2, 0.25) is 0 Å². The molecule has 148 valence electrons. The maximum atomic E-state index is 12.7. The number of amides is 2. The summed E-state index contributed by atoms with van der Waals surface area (Å²) < 4.78 is 11.0. The van der Waals surface area contributed by atoms with E-state index >= 15 is 0 Å². The minimum Gasteiger partial charge on any atom is -0.490 e. The number of carbonyl (C=O) groups excluding carboxylic acids is 2. The minimum atomic E-state index is -0.709. The van der Waals surface area contributed by atoms with E-state index in [1.54, 1.807) is 54.4 Å². The predicted molar refractivity (Wildman–Crippen MR) is 110 cm³/mol. The zero-order chi connectivity index (χ0) is 20.8. The van der Waals surface area contributed by atoms with Crippen molar-refractivity contribution in [3.8, 4) is 5.75 Å². The molecule has 4 rings (SSSR count). The maximum Gasteiger partial charge on any atom is 0.349 e. The van der Waals surface area contributed by atoms with Gasteiger partial charge in [0.1, 0.15) is 23.5 Å². The highest BCUT2D eigenvalue weighted by molar-refractivity contribution is 6.06. The number of carbonyl (C=O) groups is 2. The largest absolute Gasteiger partial charge is 0.490 e. The summed E-state index contributed by atoms with van der Waals surface area (Å²) in [6, 6.07) is 13.5. The molecule has 1 aliphatic heterocycles. The fourth-order valence-electron chi connectivity index (χ4n) is 3.29. The van der Waals surface area contributed by atoms with Gasteiger partial charge in [-0.2, -0.15) is 0 Å². The van der Waals surface area contributed by atoms with Crippen LogP contribution in [0.1, 0.15) is 24.2 Å². The summed E-state index contributed by atoms with van der Waals surface area (Å²) in [5.74, 6) is -0.153. The zero-order valence-corrected chi connectivity index (χ0v) is 16.3. The second-order valence-corrected chi connectivity index (χ2v) is 7.66. The number of benzene rings is 2. The third kappa shape index (κ3) is 3.35. The van der Waals surface area contributed by atoms with E-state index in [0.717, 1.165) is 0 Å². The van der Waals surface area contributed by atoms with E-state index in [0.29, 0.717) is 28.1 Å². The standard InChI is InChI=1S/C22H20N2O5/c1-22(2)12-28-18-11-14(8-9-16(18)24(3)21(22)27)23-19(25)15-10-13-6-4-5-7-17(13)29-20(15)26/h4-11H,12H2,1-3H3,(H,23,25). The molecular formula is C22H20N2O5. The molecule has 2 heterocycles. The lowest BCUT2D eigenvalue weighted by Crippen LogP contribution is -2.39. The van der Waals surface area contributed by atoms with Crippen LogP contribution in [-0.4, -0.2) is 25.5 Å². The lowest BCUT2D eigenvalue weighted by Gasteiger charge is -2.24. The first kappa shape index (κ1) is 18.7. The molecule has 2 aromatic carbocycles. The zero-order valence-electron chi connectivity index (χ0n) is 16.3. The van der Waals surface area contributed by atoms with E-state index in [1.807, 2.05) is 13.8 Å². The molecule has 7 nitrogen and oxygen atoms in total. The van der Waals surface area contributed by atoms with Crippen LogP contribution in [0.15, 0.2) is 57.7 Å². The molecule has 1 aliphatic rings. The van der Waals surface area contributed by atoms with Crippen LogP contribution >= 0.6 is 0 Å². The number of hydrogen-bond donors (Lipinski definition) is 1. The number of anilines is 2. The molecule has 3 aromatic rings. The first-order valence-corrected chi connectivity index (χ1v) is 9.15. The van der Waals surface area contributed by atoms with E-state index < -0.39 is 16.9 Å². The van der Waals surface area contributed by atoms with Gasteiger partial charge in [0.25, 0.3) is 5.91 Å². The Labute approximate surface area is 166 Å². The fraction of sp³-hybridized carbons (Fsp3) is 0.227. The van der Waals surface area contributed by atoms with Crippen molar-refractivity contribution >= 4 is 34.2 Å². The molecule has 0 aliphatic carbocycles. The summed E-state index contributed by atoms with van der Waals surface area (Å²) in [5, 5.41) is 3.36. The Hall–Kier alpha value is -3.61. The number of hydrogen-bond acceptors (Lipinski definition) is 5. The van der Waals surface area contributed by atoms with Crippen molar-refractivity contribution < 1.29 is 18.7 Å². The molecule has 1 N–H and O–H groups in total. The van der Waals surface area contributed by atoms with Gasteiger partial charge in [-0.25, -0.2) is 4.79 Å². The second-order valence-electron chi connectivity index (χ2n) is 7.66. The Kier molecular flexibility index (Phi) is 4.38. The molecule has 0 atom stereocenters. The molecule has 7 heteroatoms. The second kappa shape index (κ2) is 6.77. The third-order valence-electron chi connectivity index (χ3n) is 4.94. The normalized spacial score (nSPS) is 15.4. The molecule has 29 heavy (non-hydrogen) atoms. The van der Waals surface area contributed by atoms with Crippen molar-refractivity contribution in [2.45, 2.75) is 13.8 Å². The molecule has 0 radical (unpaired) electrons. The number of para-hydroxylation sites is 1. The minimum absolute atomic E-state index is 0.0539. The highest BCUT2D eigenvalue weighted by atomic mass is 16.5. The Morgan fingerprint density at radius 3 is 2.66 bits per heavy atom. The highest BCUT2D eigenvalue weighted by Crippen LogP contribution is 2.37. The monoisotopic (exact) mass is 392 g/mol. The van der Waals surface area contributed by atoms with Crippen molar-refractivity contribution in [1.29, 1.82) is 0 Å². The summed E-state index contributed by atoms with van der Waals surface area (Å²) >= 11 is 0. The van der Waals surface area contributed by atoms with Crippen LogP contribution in [0.5, 0.6) is 5.75 Å². The van der Waals surface area contributed by atoms with Crippen LogP contribution in [-0.2, 0) is 4.79 Å². The number of ether oxygens (including phenoxy) is 1. The average Bonchev–Trinajstić information content (AvgIpc) is 2.78. The molecular weight excluding hydrogens is 372 g/mol. The third-order valence-corrected chi connectivity index (χ3v) is 4.94. The Balaban J connectivity index is 1.64. The summed E-state index contributed by atoms with van der Waals surface area (Å²) in [5.41, 5.74) is 0.0158. The predicted octanol–water partition coefficient (Wildman–Crippen LogP) is 3.43. The van der Waals surface area contributed by atoms with Gasteiger partial charge in [-0.05, 0) is 38.1 Å². The van der Waals surface area contributed by atoms with Gasteiger partial charge in [-0.3, -0.25) is 9.59 Å². The molecule has 0 fully saturated rings. The van der Waals surface area contributed by atoms with E-state index in [4.69, 9.17) is 9.15 Å². The molecule has 0 saturated heterocycles. The SMILES string of the molecule is CN1C(=O)C(C)(C)COc2cc(NC(=O)c3cc4ccccc4oc3=O)ccc21. The van der Waals surface area contributed by atoms with E-state index in [1.165, 1.54) is 6.07 Å². The van der Waals surface area contributed by atoms with Crippen molar-refractivity contribution in [2.75, 3.05) is 23.9 Å². The number of nitrogens with one attached hydrogen (secondary N) is 1. The number of rotatable bonds is 2. The number of fused-ring (bicyclic) bond motifs is 2. The van der Waals surface area contributed by atoms with E-state index in [9.17, 15) is 14.4 Å². The number of nitrogens with zero attached hydrogens (tertiary/aromatic N) is 1. The van der Waals surface area contributed by atoms with Gasteiger partial charge in [-0.15, -0.1) is 0 Å². The first-order valence-electron chi connectivity index (χ1n) is 9.15. The Morgan fingerprint density at radius 2 is 1.86 bits per heavy atom. The van der Waals surface area contributed by atoms with Gasteiger partial charge in [0, 0.05) is 24.2 Å². The quantitative estimate of drug-likeness (QED) is 0.675. The Bertz CT molecular complexity index is 1200. The van der Waals surface area contributed by atoms with Gasteiger partial charge in [0.2, 0.25) is 5.91 Å². The summed E-state index contributed by atoms with van der Waals surface area (Å²) in [6.45, 7) is 3.85. The van der Waals surface area contributed by atoms with Gasteiger partial charge in [0.15, 0.2) is 0 Å². The smallest absolute Gasteiger partial charge is 0.349 e. The summed E-state index contributed by atoms with van der Waals surface area (Å²) in [6.07, 6.45) is 0. The molecule has 1 aromatic heterocycles. The maximum absolute atomic E-state index is 12.7. The van der Waals surface area contributed by atoms with Crippen LogP contribution in [0, 0.1) is 5.41 Å². The fourth-order valence-corrected chi connectivity index (χ4v) is 3.29. The van der Waals surface area contributed by atoms with E-state index in [2.05, 4.69) is 5.32 Å². The molecule has 0 spiro atoms. The van der Waals surface area contributed by atoms with Crippen LogP contribution in [0.25, 0.3) is 11.0 Å². The average molecular weight is 392 g/mol. The molecule has 2 amide bonds. The molecule has 0 bridgehead atoms. The van der Waals surface area contributed by atoms with Gasteiger partial charge in [0.05, 0.1) is 11.1 Å². The van der Waals surface area contributed by atoms with E-state index in [-0.39, 0.29) is 18.1 Å². The summed E-state index contributed by atoms with van der Waals surface area (Å²) in [4.78, 5) is 39.0. The van der Waals surface area contributed by atoms with Crippen LogP contribution in [0.4, 0.5) is 11.4 Å². The first-order chi connectivity index (χ1) is 13.8. The van der Waals surface area contributed by atoms with Crippen molar-refractivity contribution in [3.63, 3.8) is 0 Å². The van der Waals surface area contributed by atoms with Crippen molar-refractivity contribution in [2.24, 2.45) is 5.41 Å². The van der Waals surface area contributed by atoms with Gasteiger partial charge in [-0.1, -0.05) is 18.2 Å². The van der Waals surface area contributed by atoms with Crippen molar-refractivity contribution in [3.05, 3.63) is 64.5 Å². The molecule has 0 saturated carbocycles. The topological polar surface area (TPSA) is 88.8 Å². The summed E-state index contributed by atoms with van der Waals surface area (Å²) in [7, 11) is 1.69.